The molecule has 1 N–H and O–H groups in total. The quantitative estimate of drug-likeness (QED) is 0.651. The SMILES string of the molecule is C=CCN1CC(=O)N2C[C@@H](c3ccccc3Cl)c3c([nH]c4ccccc34)[C@@]2(C)C1=O. The van der Waals surface area contributed by atoms with Gasteiger partial charge in [0.15, 0.2) is 5.54 Å². The second-order valence-corrected chi connectivity index (χ2v) is 8.49. The average Bonchev–Trinajstić information content (AvgIpc) is 3.14. The number of amides is 2. The van der Waals surface area contributed by atoms with Gasteiger partial charge in [0.25, 0.3) is 5.91 Å². The van der Waals surface area contributed by atoms with Gasteiger partial charge in [0.1, 0.15) is 6.54 Å². The lowest BCUT2D eigenvalue weighted by atomic mass is 9.76. The van der Waals surface area contributed by atoms with Crippen molar-refractivity contribution in [1.82, 2.24) is 14.8 Å². The number of fused-ring (bicyclic) bond motifs is 5. The van der Waals surface area contributed by atoms with Crippen LogP contribution >= 0.6 is 11.6 Å². The summed E-state index contributed by atoms with van der Waals surface area (Å²) < 4.78 is 0. The van der Waals surface area contributed by atoms with Crippen LogP contribution in [-0.2, 0) is 15.1 Å². The van der Waals surface area contributed by atoms with Crippen molar-refractivity contribution in [2.24, 2.45) is 0 Å². The molecule has 3 aromatic rings. The molecular formula is C24H22ClN3O2. The number of carbonyl (C=O) groups excluding carboxylic acids is 2. The molecule has 2 aliphatic rings. The highest BCUT2D eigenvalue weighted by molar-refractivity contribution is 6.31. The molecule has 0 saturated carbocycles. The predicted octanol–water partition coefficient (Wildman–Crippen LogP) is 4.04. The van der Waals surface area contributed by atoms with E-state index in [9.17, 15) is 9.59 Å². The van der Waals surface area contributed by atoms with Crippen LogP contribution in [0.15, 0.2) is 61.2 Å². The van der Waals surface area contributed by atoms with Gasteiger partial charge in [-0.3, -0.25) is 9.59 Å². The third-order valence-corrected chi connectivity index (χ3v) is 6.79. The minimum Gasteiger partial charge on any atom is -0.356 e. The van der Waals surface area contributed by atoms with Gasteiger partial charge in [-0.25, -0.2) is 0 Å². The molecule has 0 aliphatic carbocycles. The van der Waals surface area contributed by atoms with Gasteiger partial charge < -0.3 is 14.8 Å². The summed E-state index contributed by atoms with van der Waals surface area (Å²) in [5.41, 5.74) is 2.63. The zero-order valence-electron chi connectivity index (χ0n) is 16.7. The number of rotatable bonds is 3. The molecule has 1 fully saturated rings. The van der Waals surface area contributed by atoms with Crippen molar-refractivity contribution in [3.05, 3.63) is 83.0 Å². The predicted molar refractivity (Wildman–Crippen MR) is 117 cm³/mol. The number of aromatic amines is 1. The van der Waals surface area contributed by atoms with E-state index in [-0.39, 0.29) is 24.3 Å². The molecule has 2 amide bonds. The largest absolute Gasteiger partial charge is 0.356 e. The van der Waals surface area contributed by atoms with Crippen LogP contribution < -0.4 is 0 Å². The molecule has 2 aliphatic heterocycles. The number of carbonyl (C=O) groups is 2. The molecule has 0 bridgehead atoms. The fourth-order valence-electron chi connectivity index (χ4n) is 5.02. The van der Waals surface area contributed by atoms with Gasteiger partial charge in [-0.1, -0.05) is 54.1 Å². The van der Waals surface area contributed by atoms with E-state index in [4.69, 9.17) is 11.6 Å². The molecule has 0 radical (unpaired) electrons. The Morgan fingerprint density at radius 2 is 1.93 bits per heavy atom. The third-order valence-electron chi connectivity index (χ3n) is 6.45. The number of nitrogens with zero attached hydrogens (tertiary/aromatic N) is 2. The van der Waals surface area contributed by atoms with E-state index in [0.29, 0.717) is 18.1 Å². The summed E-state index contributed by atoms with van der Waals surface area (Å²) in [6.07, 6.45) is 1.66. The van der Waals surface area contributed by atoms with Crippen molar-refractivity contribution in [3.8, 4) is 0 Å². The average molecular weight is 420 g/mol. The van der Waals surface area contributed by atoms with E-state index >= 15 is 0 Å². The van der Waals surface area contributed by atoms with Gasteiger partial charge in [-0.15, -0.1) is 6.58 Å². The Balaban J connectivity index is 1.79. The molecule has 2 atom stereocenters. The number of H-pyrrole nitrogens is 1. The first-order chi connectivity index (χ1) is 14.5. The fourth-order valence-corrected chi connectivity index (χ4v) is 5.29. The van der Waals surface area contributed by atoms with Crippen molar-refractivity contribution in [2.45, 2.75) is 18.4 Å². The molecule has 1 saturated heterocycles. The molecule has 5 nitrogen and oxygen atoms in total. The van der Waals surface area contributed by atoms with Crippen molar-refractivity contribution in [1.29, 1.82) is 0 Å². The number of hydrogen-bond acceptors (Lipinski definition) is 2. The number of para-hydroxylation sites is 1. The smallest absolute Gasteiger partial charge is 0.255 e. The second kappa shape index (κ2) is 6.74. The lowest BCUT2D eigenvalue weighted by molar-refractivity contribution is -0.165. The Labute approximate surface area is 179 Å². The van der Waals surface area contributed by atoms with Crippen LogP contribution in [0.3, 0.4) is 0 Å². The Bertz CT molecular complexity index is 1200. The summed E-state index contributed by atoms with van der Waals surface area (Å²) in [6.45, 7) is 6.40. The number of aromatic nitrogens is 1. The highest BCUT2D eigenvalue weighted by Gasteiger charge is 2.56. The third kappa shape index (κ3) is 2.48. The minimum atomic E-state index is -1.09. The van der Waals surface area contributed by atoms with Crippen molar-refractivity contribution in [3.63, 3.8) is 0 Å². The Hall–Kier alpha value is -3.05. The summed E-state index contributed by atoms with van der Waals surface area (Å²) in [7, 11) is 0. The molecule has 2 aromatic carbocycles. The van der Waals surface area contributed by atoms with Crippen molar-refractivity contribution < 1.29 is 9.59 Å². The highest BCUT2D eigenvalue weighted by Crippen LogP contribution is 2.48. The number of halogens is 1. The number of nitrogens with one attached hydrogen (secondary N) is 1. The number of hydrogen-bond donors (Lipinski definition) is 1. The van der Waals surface area contributed by atoms with Crippen molar-refractivity contribution >= 4 is 34.3 Å². The van der Waals surface area contributed by atoms with E-state index in [2.05, 4.69) is 17.6 Å². The fraction of sp³-hybridized carbons (Fsp3) is 0.250. The van der Waals surface area contributed by atoms with Gasteiger partial charge in [-0.2, -0.15) is 0 Å². The monoisotopic (exact) mass is 419 g/mol. The molecule has 152 valence electrons. The number of benzene rings is 2. The zero-order chi connectivity index (χ0) is 21.0. The molecule has 30 heavy (non-hydrogen) atoms. The number of piperazine rings is 1. The Morgan fingerprint density at radius 3 is 2.70 bits per heavy atom. The van der Waals surface area contributed by atoms with Crippen LogP contribution in [-0.4, -0.2) is 46.2 Å². The van der Waals surface area contributed by atoms with Crippen LogP contribution in [0.4, 0.5) is 0 Å². The van der Waals surface area contributed by atoms with E-state index in [1.807, 2.05) is 49.4 Å². The van der Waals surface area contributed by atoms with E-state index in [1.54, 1.807) is 15.9 Å². The molecule has 5 rings (SSSR count). The first-order valence-corrected chi connectivity index (χ1v) is 10.4. The van der Waals surface area contributed by atoms with Crippen molar-refractivity contribution in [2.75, 3.05) is 19.6 Å². The van der Waals surface area contributed by atoms with Gasteiger partial charge >= 0.3 is 0 Å². The summed E-state index contributed by atoms with van der Waals surface area (Å²) in [5, 5.41) is 1.71. The lowest BCUT2D eigenvalue weighted by Gasteiger charge is -2.51. The van der Waals surface area contributed by atoms with Gasteiger partial charge in [0.2, 0.25) is 5.91 Å². The Kier molecular flexibility index (Phi) is 4.26. The maximum atomic E-state index is 13.6. The maximum Gasteiger partial charge on any atom is 0.255 e. The van der Waals surface area contributed by atoms with Crippen LogP contribution in [0.25, 0.3) is 10.9 Å². The maximum absolute atomic E-state index is 13.6. The van der Waals surface area contributed by atoms with Crippen LogP contribution in [0.5, 0.6) is 0 Å². The zero-order valence-corrected chi connectivity index (χ0v) is 17.4. The van der Waals surface area contributed by atoms with E-state index < -0.39 is 5.54 Å². The molecule has 3 heterocycles. The summed E-state index contributed by atoms with van der Waals surface area (Å²) in [6, 6.07) is 15.7. The normalized spacial score (nSPS) is 23.5. The molecule has 1 aromatic heterocycles. The van der Waals surface area contributed by atoms with Gasteiger partial charge in [-0.05, 0) is 30.2 Å². The first kappa shape index (κ1) is 18.9. The van der Waals surface area contributed by atoms with Crippen LogP contribution in [0.2, 0.25) is 5.02 Å². The second-order valence-electron chi connectivity index (χ2n) is 8.08. The summed E-state index contributed by atoms with van der Waals surface area (Å²) in [5.74, 6) is -0.284. The topological polar surface area (TPSA) is 56.4 Å². The van der Waals surface area contributed by atoms with E-state index in [1.165, 1.54) is 0 Å². The van der Waals surface area contributed by atoms with E-state index in [0.717, 1.165) is 27.7 Å². The Morgan fingerprint density at radius 1 is 1.20 bits per heavy atom. The lowest BCUT2D eigenvalue weighted by Crippen LogP contribution is -2.67. The molecule has 0 spiro atoms. The molecule has 0 unspecified atom stereocenters. The molecular weight excluding hydrogens is 398 g/mol. The first-order valence-electron chi connectivity index (χ1n) is 10.0. The summed E-state index contributed by atoms with van der Waals surface area (Å²) in [4.78, 5) is 33.6. The van der Waals surface area contributed by atoms with Gasteiger partial charge in [0.05, 0.1) is 5.69 Å². The van der Waals surface area contributed by atoms with Crippen LogP contribution in [0, 0.1) is 0 Å². The minimum absolute atomic E-state index is 0.0608. The molecule has 6 heteroatoms. The van der Waals surface area contributed by atoms with Gasteiger partial charge in [0, 0.05) is 34.9 Å². The summed E-state index contributed by atoms with van der Waals surface area (Å²) >= 11 is 6.58. The highest BCUT2D eigenvalue weighted by atomic mass is 35.5. The standard InChI is InChI=1S/C24H22ClN3O2/c1-3-12-27-14-20(29)28-13-17(15-8-4-6-10-18(15)25)21-16-9-5-7-11-19(16)26-22(21)24(28,2)23(27)30/h3-11,17,26H,1,12-14H2,2H3/t17-,24-/m0/s1. The van der Waals surface area contributed by atoms with Crippen LogP contribution in [0.1, 0.15) is 29.7 Å².